The van der Waals surface area contributed by atoms with Gasteiger partial charge in [0.25, 0.3) is 0 Å². The van der Waals surface area contributed by atoms with E-state index in [-0.39, 0.29) is 17.6 Å². The van der Waals surface area contributed by atoms with E-state index in [0.29, 0.717) is 6.61 Å². The van der Waals surface area contributed by atoms with Crippen molar-refractivity contribution in [3.05, 3.63) is 89.5 Å². The summed E-state index contributed by atoms with van der Waals surface area (Å²) in [6.07, 6.45) is 0.226. The summed E-state index contributed by atoms with van der Waals surface area (Å²) in [5.41, 5.74) is 2.74. The molecule has 0 aliphatic carbocycles. The van der Waals surface area contributed by atoms with Crippen molar-refractivity contribution in [1.29, 1.82) is 0 Å². The Morgan fingerprint density at radius 2 is 1.22 bits per heavy atom. The number of phenolic OH excluding ortho intramolecular Hbond substituents is 2. The number of hydrogen-bond donors (Lipinski definition) is 2. The van der Waals surface area contributed by atoms with Crippen LogP contribution in [-0.2, 0) is 10.2 Å². The van der Waals surface area contributed by atoms with Crippen LogP contribution >= 0.6 is 0 Å². The van der Waals surface area contributed by atoms with Gasteiger partial charge in [0.15, 0.2) is 0 Å². The van der Waals surface area contributed by atoms with Gasteiger partial charge in [-0.15, -0.1) is 0 Å². The second kappa shape index (κ2) is 6.97. The highest BCUT2D eigenvalue weighted by molar-refractivity contribution is 5.51. The monoisotopic (exact) mass is 362 g/mol. The molecule has 0 spiro atoms. The molecule has 1 heterocycles. The van der Waals surface area contributed by atoms with Gasteiger partial charge in [-0.05, 0) is 60.0 Å². The summed E-state index contributed by atoms with van der Waals surface area (Å²) in [4.78, 5) is 0. The molecule has 138 valence electrons. The van der Waals surface area contributed by atoms with Gasteiger partial charge in [-0.1, -0.05) is 36.4 Å². The Morgan fingerprint density at radius 1 is 0.815 bits per heavy atom. The molecule has 1 fully saturated rings. The van der Waals surface area contributed by atoms with E-state index < -0.39 is 5.41 Å². The Kier molecular flexibility index (Phi) is 4.50. The zero-order chi connectivity index (χ0) is 18.9. The Morgan fingerprint density at radius 3 is 1.63 bits per heavy atom. The van der Waals surface area contributed by atoms with Gasteiger partial charge >= 0.3 is 0 Å². The second-order valence-electron chi connectivity index (χ2n) is 7.01. The van der Waals surface area contributed by atoms with E-state index in [4.69, 9.17) is 9.47 Å². The van der Waals surface area contributed by atoms with E-state index in [1.54, 1.807) is 24.3 Å². The fourth-order valence-electron chi connectivity index (χ4n) is 3.33. The molecule has 0 bridgehead atoms. The van der Waals surface area contributed by atoms with Crippen LogP contribution in [0.1, 0.15) is 23.6 Å². The molecule has 2 N–H and O–H groups in total. The number of aromatic hydroxyl groups is 2. The van der Waals surface area contributed by atoms with Crippen molar-refractivity contribution in [3.8, 4) is 17.2 Å². The number of epoxide rings is 1. The predicted octanol–water partition coefficient (Wildman–Crippen LogP) is 4.23. The maximum absolute atomic E-state index is 9.69. The lowest BCUT2D eigenvalue weighted by Crippen LogP contribution is -2.25. The third kappa shape index (κ3) is 3.62. The van der Waals surface area contributed by atoms with E-state index in [2.05, 4.69) is 19.1 Å². The maximum Gasteiger partial charge on any atom is 0.119 e. The minimum atomic E-state index is -0.445. The zero-order valence-electron chi connectivity index (χ0n) is 15.1. The average Bonchev–Trinajstić information content (AvgIpc) is 3.52. The zero-order valence-corrected chi connectivity index (χ0v) is 15.1. The van der Waals surface area contributed by atoms with Crippen LogP contribution in [0.4, 0.5) is 0 Å². The topological polar surface area (TPSA) is 62.2 Å². The number of ether oxygens (including phenoxy) is 2. The largest absolute Gasteiger partial charge is 0.508 e. The van der Waals surface area contributed by atoms with Crippen LogP contribution in [0.2, 0.25) is 0 Å². The molecule has 3 aromatic rings. The molecule has 1 unspecified atom stereocenters. The molecule has 0 amide bonds. The molecular weight excluding hydrogens is 340 g/mol. The lowest BCUT2D eigenvalue weighted by atomic mass is 9.71. The molecule has 1 aliphatic rings. The fraction of sp³-hybridized carbons (Fsp3) is 0.217. The van der Waals surface area contributed by atoms with Crippen molar-refractivity contribution in [2.75, 3.05) is 13.2 Å². The van der Waals surface area contributed by atoms with Gasteiger partial charge in [0.2, 0.25) is 0 Å². The van der Waals surface area contributed by atoms with Crippen LogP contribution in [0.25, 0.3) is 0 Å². The third-order valence-corrected chi connectivity index (χ3v) is 5.16. The summed E-state index contributed by atoms with van der Waals surface area (Å²) in [5, 5.41) is 19.4. The Labute approximate surface area is 158 Å². The summed E-state index contributed by atoms with van der Waals surface area (Å²) in [5.74, 6) is 1.28. The summed E-state index contributed by atoms with van der Waals surface area (Å²) in [7, 11) is 0. The molecule has 0 radical (unpaired) electrons. The van der Waals surface area contributed by atoms with Crippen LogP contribution in [-0.4, -0.2) is 29.5 Å². The van der Waals surface area contributed by atoms with Gasteiger partial charge in [-0.2, -0.15) is 0 Å². The first kappa shape index (κ1) is 17.4. The van der Waals surface area contributed by atoms with Crippen molar-refractivity contribution in [1.82, 2.24) is 0 Å². The molecule has 4 heteroatoms. The van der Waals surface area contributed by atoms with Crippen molar-refractivity contribution in [3.63, 3.8) is 0 Å². The summed E-state index contributed by atoms with van der Waals surface area (Å²) >= 11 is 0. The Bertz CT molecular complexity index is 849. The molecule has 0 saturated carbocycles. The standard InChI is InChI=1S/C23H22O4/c1-23(16-2-8-19(24)9-3-16,17-4-10-20(25)11-5-17)18-6-12-21(13-7-18)26-14-22-15-27-22/h2-13,22,24-25H,14-15H2,1H3. The number of rotatable bonds is 6. The van der Waals surface area contributed by atoms with E-state index in [9.17, 15) is 10.2 Å². The van der Waals surface area contributed by atoms with Crippen molar-refractivity contribution >= 4 is 0 Å². The summed E-state index contributed by atoms with van der Waals surface area (Å²) < 4.78 is 10.9. The van der Waals surface area contributed by atoms with Gasteiger partial charge in [0.1, 0.15) is 30.0 Å². The highest BCUT2D eigenvalue weighted by atomic mass is 16.6. The Hall–Kier alpha value is -2.98. The summed E-state index contributed by atoms with van der Waals surface area (Å²) in [6, 6.07) is 22.5. The number of phenols is 2. The lowest BCUT2D eigenvalue weighted by molar-refractivity contribution is 0.263. The van der Waals surface area contributed by atoms with Gasteiger partial charge in [-0.3, -0.25) is 0 Å². The van der Waals surface area contributed by atoms with Crippen LogP contribution < -0.4 is 4.74 Å². The predicted molar refractivity (Wildman–Crippen MR) is 103 cm³/mol. The molecular formula is C23H22O4. The van der Waals surface area contributed by atoms with Crippen LogP contribution in [0, 0.1) is 0 Å². The molecule has 0 aromatic heterocycles. The first-order valence-corrected chi connectivity index (χ1v) is 8.99. The molecule has 3 aromatic carbocycles. The second-order valence-corrected chi connectivity index (χ2v) is 7.01. The fourth-order valence-corrected chi connectivity index (χ4v) is 3.33. The van der Waals surface area contributed by atoms with Crippen LogP contribution in [0.5, 0.6) is 17.2 Å². The third-order valence-electron chi connectivity index (χ3n) is 5.16. The molecule has 27 heavy (non-hydrogen) atoms. The van der Waals surface area contributed by atoms with E-state index in [1.807, 2.05) is 36.4 Å². The van der Waals surface area contributed by atoms with Crippen molar-refractivity contribution < 1.29 is 19.7 Å². The summed E-state index contributed by atoms with van der Waals surface area (Å²) in [6.45, 7) is 3.49. The van der Waals surface area contributed by atoms with Gasteiger partial charge in [0.05, 0.1) is 6.61 Å². The number of hydrogen-bond acceptors (Lipinski definition) is 4. The molecule has 1 aliphatic heterocycles. The van der Waals surface area contributed by atoms with Crippen molar-refractivity contribution in [2.24, 2.45) is 0 Å². The minimum absolute atomic E-state index is 0.226. The van der Waals surface area contributed by atoms with Gasteiger partial charge in [-0.25, -0.2) is 0 Å². The average molecular weight is 362 g/mol. The van der Waals surface area contributed by atoms with Gasteiger partial charge < -0.3 is 19.7 Å². The van der Waals surface area contributed by atoms with E-state index >= 15 is 0 Å². The molecule has 4 nitrogen and oxygen atoms in total. The van der Waals surface area contributed by atoms with E-state index in [0.717, 1.165) is 29.0 Å². The molecule has 1 saturated heterocycles. The quantitative estimate of drug-likeness (QED) is 0.509. The highest BCUT2D eigenvalue weighted by Crippen LogP contribution is 2.40. The van der Waals surface area contributed by atoms with Gasteiger partial charge in [0, 0.05) is 5.41 Å². The normalized spacial score (nSPS) is 16.1. The minimum Gasteiger partial charge on any atom is -0.508 e. The van der Waals surface area contributed by atoms with E-state index in [1.165, 1.54) is 0 Å². The smallest absolute Gasteiger partial charge is 0.119 e. The highest BCUT2D eigenvalue weighted by Gasteiger charge is 2.31. The maximum atomic E-state index is 9.69. The van der Waals surface area contributed by atoms with Crippen molar-refractivity contribution in [2.45, 2.75) is 18.4 Å². The van der Waals surface area contributed by atoms with Crippen LogP contribution in [0.3, 0.4) is 0 Å². The SMILES string of the molecule is CC(c1ccc(O)cc1)(c1ccc(O)cc1)c1ccc(OCC2CO2)cc1. The molecule has 4 rings (SSSR count). The number of benzene rings is 3. The van der Waals surface area contributed by atoms with Crippen LogP contribution in [0.15, 0.2) is 72.8 Å². The lowest BCUT2D eigenvalue weighted by Gasteiger charge is -2.32. The first-order chi connectivity index (χ1) is 13.1. The molecule has 1 atom stereocenters. The Balaban J connectivity index is 1.72. The first-order valence-electron chi connectivity index (χ1n) is 8.99.